The van der Waals surface area contributed by atoms with E-state index in [4.69, 9.17) is 0 Å². The summed E-state index contributed by atoms with van der Waals surface area (Å²) in [4.78, 5) is 2.40. The number of hydrogen-bond donors (Lipinski definition) is 2. The average molecular weight is 330 g/mol. The Kier molecular flexibility index (Phi) is 6.00. The molecule has 0 unspecified atom stereocenters. The molecule has 3 heteroatoms. The van der Waals surface area contributed by atoms with Crippen molar-refractivity contribution in [2.24, 2.45) is 0 Å². The Hall–Kier alpha value is -1.61. The number of benzene rings is 2. The van der Waals surface area contributed by atoms with Gasteiger partial charge < -0.3 is 10.2 Å². The third kappa shape index (κ3) is 3.84. The van der Waals surface area contributed by atoms with Crippen LogP contribution in [0.1, 0.15) is 49.9 Å². The highest BCUT2D eigenvalue weighted by atomic mass is 32.2. The second-order valence-corrected chi connectivity index (χ2v) is 6.78. The molecule has 0 aromatic heterocycles. The molecule has 0 atom stereocenters. The van der Waals surface area contributed by atoms with E-state index in [0.29, 0.717) is 11.5 Å². The lowest BCUT2D eigenvalue weighted by atomic mass is 10.1. The molecule has 2 N–H and O–H groups in total. The highest BCUT2D eigenvalue weighted by Crippen LogP contribution is 2.39. The van der Waals surface area contributed by atoms with Crippen LogP contribution in [0.5, 0.6) is 11.5 Å². The zero-order chi connectivity index (χ0) is 17.0. The van der Waals surface area contributed by atoms with Crippen molar-refractivity contribution in [2.45, 2.75) is 63.2 Å². The lowest BCUT2D eigenvalue weighted by Crippen LogP contribution is -1.94. The van der Waals surface area contributed by atoms with Crippen LogP contribution in [-0.2, 0) is 25.7 Å². The van der Waals surface area contributed by atoms with E-state index in [1.165, 1.54) is 9.79 Å². The van der Waals surface area contributed by atoms with E-state index in [9.17, 15) is 10.2 Å². The number of aryl methyl sites for hydroxylation is 4. The third-order valence-corrected chi connectivity index (χ3v) is 5.47. The van der Waals surface area contributed by atoms with Crippen molar-refractivity contribution < 1.29 is 10.2 Å². The summed E-state index contributed by atoms with van der Waals surface area (Å²) in [6.07, 6.45) is 3.42. The lowest BCUT2D eigenvalue weighted by molar-refractivity contribution is 0.467. The Morgan fingerprint density at radius 1 is 0.609 bits per heavy atom. The molecule has 2 aromatic rings. The summed E-state index contributed by atoms with van der Waals surface area (Å²) in [7, 11) is 0. The molecule has 2 aromatic carbocycles. The molecule has 0 fully saturated rings. The first-order valence-corrected chi connectivity index (χ1v) is 9.22. The molecule has 0 radical (unpaired) electrons. The first kappa shape index (κ1) is 17.7. The maximum Gasteiger partial charge on any atom is 0.119 e. The van der Waals surface area contributed by atoms with Crippen LogP contribution in [0.4, 0.5) is 0 Å². The Morgan fingerprint density at radius 3 is 1.26 bits per heavy atom. The Balaban J connectivity index is 2.49. The molecule has 0 amide bonds. The van der Waals surface area contributed by atoms with Gasteiger partial charge in [0.1, 0.15) is 11.5 Å². The van der Waals surface area contributed by atoms with Gasteiger partial charge in [-0.15, -0.1) is 0 Å². The normalized spacial score (nSPS) is 11.0. The van der Waals surface area contributed by atoms with E-state index in [0.717, 1.165) is 47.9 Å². The first-order chi connectivity index (χ1) is 11.0. The molecule has 0 aliphatic rings. The molecule has 23 heavy (non-hydrogen) atoms. The van der Waals surface area contributed by atoms with Gasteiger partial charge in [-0.2, -0.15) is 0 Å². The summed E-state index contributed by atoms with van der Waals surface area (Å²) in [6, 6.07) is 8.01. The summed E-state index contributed by atoms with van der Waals surface area (Å²) in [6.45, 7) is 8.34. The van der Waals surface area contributed by atoms with Crippen molar-refractivity contribution >= 4 is 11.8 Å². The topological polar surface area (TPSA) is 40.5 Å². The van der Waals surface area contributed by atoms with E-state index in [1.807, 2.05) is 12.1 Å². The first-order valence-electron chi connectivity index (χ1n) is 8.41. The summed E-state index contributed by atoms with van der Waals surface area (Å²) in [5, 5.41) is 20.2. The van der Waals surface area contributed by atoms with Gasteiger partial charge in [0.25, 0.3) is 0 Å². The lowest BCUT2D eigenvalue weighted by Gasteiger charge is -2.15. The van der Waals surface area contributed by atoms with Crippen LogP contribution in [0.25, 0.3) is 0 Å². The van der Waals surface area contributed by atoms with Crippen molar-refractivity contribution in [1.82, 2.24) is 0 Å². The number of hydrogen-bond acceptors (Lipinski definition) is 3. The van der Waals surface area contributed by atoms with Crippen LogP contribution >= 0.6 is 11.8 Å². The van der Waals surface area contributed by atoms with Crippen molar-refractivity contribution in [3.63, 3.8) is 0 Å². The highest BCUT2D eigenvalue weighted by Gasteiger charge is 2.13. The molecule has 0 saturated carbocycles. The minimum atomic E-state index is 0.393. The van der Waals surface area contributed by atoms with Crippen LogP contribution in [0, 0.1) is 0 Å². The zero-order valence-electron chi connectivity index (χ0n) is 14.4. The summed E-state index contributed by atoms with van der Waals surface area (Å²) < 4.78 is 0. The van der Waals surface area contributed by atoms with Crippen LogP contribution in [0.15, 0.2) is 34.1 Å². The molecule has 2 rings (SSSR count). The van der Waals surface area contributed by atoms with Crippen molar-refractivity contribution in [3.8, 4) is 11.5 Å². The van der Waals surface area contributed by atoms with E-state index in [2.05, 4.69) is 39.8 Å². The SMILES string of the molecule is CCc1cc(Sc2cc(CC)c(O)cc2CC)c(CC)cc1O. The molecule has 2 nitrogen and oxygen atoms in total. The van der Waals surface area contributed by atoms with E-state index < -0.39 is 0 Å². The third-order valence-electron chi connectivity index (χ3n) is 4.27. The van der Waals surface area contributed by atoms with Gasteiger partial charge in [0.05, 0.1) is 0 Å². The molecular weight excluding hydrogens is 304 g/mol. The van der Waals surface area contributed by atoms with Crippen LogP contribution < -0.4 is 0 Å². The molecule has 0 aliphatic carbocycles. The zero-order valence-corrected chi connectivity index (χ0v) is 15.3. The van der Waals surface area contributed by atoms with Gasteiger partial charge in [0.2, 0.25) is 0 Å². The van der Waals surface area contributed by atoms with Gasteiger partial charge >= 0.3 is 0 Å². The predicted molar refractivity (Wildman–Crippen MR) is 97.8 cm³/mol. The Labute approximate surface area is 143 Å². The van der Waals surface area contributed by atoms with Gasteiger partial charge in [0, 0.05) is 9.79 Å². The molecule has 124 valence electrons. The fourth-order valence-corrected chi connectivity index (χ4v) is 4.04. The molecule has 0 bridgehead atoms. The Bertz CT molecular complexity index is 633. The van der Waals surface area contributed by atoms with Crippen LogP contribution in [0.2, 0.25) is 0 Å². The molecule has 0 heterocycles. The molecule has 0 aliphatic heterocycles. The smallest absolute Gasteiger partial charge is 0.119 e. The second-order valence-electron chi connectivity index (χ2n) is 5.69. The van der Waals surface area contributed by atoms with Gasteiger partial charge in [-0.1, -0.05) is 39.5 Å². The van der Waals surface area contributed by atoms with Gasteiger partial charge in [-0.3, -0.25) is 0 Å². The van der Waals surface area contributed by atoms with Gasteiger partial charge in [-0.25, -0.2) is 0 Å². The Morgan fingerprint density at radius 2 is 0.957 bits per heavy atom. The maximum atomic E-state index is 10.1. The van der Waals surface area contributed by atoms with Crippen molar-refractivity contribution in [3.05, 3.63) is 46.5 Å². The fourth-order valence-electron chi connectivity index (χ4n) is 2.73. The number of phenols is 2. The number of phenolic OH excluding ortho intramolecular Hbond substituents is 2. The molecule has 0 saturated heterocycles. The van der Waals surface area contributed by atoms with E-state index in [1.54, 1.807) is 11.8 Å². The average Bonchev–Trinajstić information content (AvgIpc) is 2.56. The monoisotopic (exact) mass is 330 g/mol. The summed E-state index contributed by atoms with van der Waals surface area (Å²) in [5.41, 5.74) is 4.30. The van der Waals surface area contributed by atoms with Gasteiger partial charge in [-0.05, 0) is 72.2 Å². The highest BCUT2D eigenvalue weighted by molar-refractivity contribution is 7.99. The quantitative estimate of drug-likeness (QED) is 0.735. The predicted octanol–water partition coefficient (Wildman–Crippen LogP) is 5.50. The number of rotatable bonds is 6. The van der Waals surface area contributed by atoms with E-state index in [-0.39, 0.29) is 0 Å². The largest absolute Gasteiger partial charge is 0.508 e. The minimum absolute atomic E-state index is 0.393. The summed E-state index contributed by atoms with van der Waals surface area (Å²) in [5.74, 6) is 0.786. The van der Waals surface area contributed by atoms with Crippen LogP contribution in [-0.4, -0.2) is 10.2 Å². The van der Waals surface area contributed by atoms with E-state index >= 15 is 0 Å². The van der Waals surface area contributed by atoms with Gasteiger partial charge in [0.15, 0.2) is 0 Å². The second kappa shape index (κ2) is 7.78. The molecule has 0 spiro atoms. The van der Waals surface area contributed by atoms with Crippen molar-refractivity contribution in [1.29, 1.82) is 0 Å². The standard InChI is InChI=1S/C20H26O2S/c1-5-13-11-19(15(7-3)9-17(13)21)23-20-12-14(6-2)18(22)10-16(20)8-4/h9-12,21-22H,5-8H2,1-4H3. The minimum Gasteiger partial charge on any atom is -0.508 e. The maximum absolute atomic E-state index is 10.1. The van der Waals surface area contributed by atoms with Crippen molar-refractivity contribution in [2.75, 3.05) is 0 Å². The summed E-state index contributed by atoms with van der Waals surface area (Å²) >= 11 is 1.74. The number of aromatic hydroxyl groups is 2. The van der Waals surface area contributed by atoms with Crippen LogP contribution in [0.3, 0.4) is 0 Å². The molecular formula is C20H26O2S. The fraction of sp³-hybridized carbons (Fsp3) is 0.400.